The van der Waals surface area contributed by atoms with Crippen LogP contribution in [0.25, 0.3) is 0 Å². The van der Waals surface area contributed by atoms with E-state index in [4.69, 9.17) is 9.15 Å². The van der Waals surface area contributed by atoms with Crippen LogP contribution in [0.5, 0.6) is 0 Å². The molecule has 1 saturated heterocycles. The maximum absolute atomic E-state index is 5.99. The normalized spacial score (nSPS) is 20.8. The van der Waals surface area contributed by atoms with E-state index in [1.807, 2.05) is 0 Å². The molecule has 0 bridgehead atoms. The van der Waals surface area contributed by atoms with E-state index in [1.165, 1.54) is 5.56 Å². The monoisotopic (exact) mass is 280 g/mol. The van der Waals surface area contributed by atoms with Gasteiger partial charge in [0.05, 0.1) is 25.8 Å². The van der Waals surface area contributed by atoms with Gasteiger partial charge in [-0.15, -0.1) is 0 Å². The minimum absolute atomic E-state index is 0.377. The van der Waals surface area contributed by atoms with E-state index >= 15 is 0 Å². The van der Waals surface area contributed by atoms with Gasteiger partial charge in [-0.2, -0.15) is 0 Å². The highest BCUT2D eigenvalue weighted by molar-refractivity contribution is 5.20. The number of rotatable bonds is 6. The van der Waals surface area contributed by atoms with Crippen LogP contribution in [0.2, 0.25) is 0 Å². The third-order valence-electron chi connectivity index (χ3n) is 3.80. The van der Waals surface area contributed by atoms with E-state index in [2.05, 4.69) is 44.0 Å². The van der Waals surface area contributed by atoms with E-state index in [-0.39, 0.29) is 0 Å². The first kappa shape index (κ1) is 15.5. The number of nitrogens with one attached hydrogen (secondary N) is 1. The second-order valence-corrected chi connectivity index (χ2v) is 5.99. The molecule has 1 aromatic heterocycles. The summed E-state index contributed by atoms with van der Waals surface area (Å²) in [4.78, 5) is 2.43. The number of morpholine rings is 1. The summed E-state index contributed by atoms with van der Waals surface area (Å²) in [7, 11) is 0. The summed E-state index contributed by atoms with van der Waals surface area (Å²) in [6.07, 6.45) is 1.46. The van der Waals surface area contributed by atoms with Crippen molar-refractivity contribution in [3.63, 3.8) is 0 Å². The van der Waals surface area contributed by atoms with Crippen LogP contribution < -0.4 is 5.32 Å². The summed E-state index contributed by atoms with van der Waals surface area (Å²) in [5, 5.41) is 3.41. The third kappa shape index (κ3) is 4.33. The fraction of sp³-hybridized carbons (Fsp3) is 0.750. The first-order valence-electron chi connectivity index (χ1n) is 7.74. The third-order valence-corrected chi connectivity index (χ3v) is 3.80. The lowest BCUT2D eigenvalue weighted by molar-refractivity contribution is -0.0342. The Labute approximate surface area is 122 Å². The molecule has 0 saturated carbocycles. The largest absolute Gasteiger partial charge is 0.463 e. The molecule has 114 valence electrons. The van der Waals surface area contributed by atoms with Crippen LogP contribution in [0, 0.1) is 6.92 Å². The zero-order valence-corrected chi connectivity index (χ0v) is 13.2. The molecule has 2 rings (SSSR count). The second-order valence-electron chi connectivity index (χ2n) is 5.99. The molecule has 0 radical (unpaired) electrons. The van der Waals surface area contributed by atoms with Crippen LogP contribution in [0.1, 0.15) is 44.3 Å². The van der Waals surface area contributed by atoms with E-state index < -0.39 is 0 Å². The Balaban J connectivity index is 1.91. The van der Waals surface area contributed by atoms with E-state index in [1.54, 1.807) is 0 Å². The van der Waals surface area contributed by atoms with Gasteiger partial charge < -0.3 is 14.5 Å². The topological polar surface area (TPSA) is 37.6 Å². The van der Waals surface area contributed by atoms with Gasteiger partial charge in [0.1, 0.15) is 11.5 Å². The van der Waals surface area contributed by atoms with Crippen molar-refractivity contribution in [1.29, 1.82) is 0 Å². The van der Waals surface area contributed by atoms with Gasteiger partial charge in [-0.3, -0.25) is 4.90 Å². The minimum Gasteiger partial charge on any atom is -0.463 e. The molecule has 4 nitrogen and oxygen atoms in total. The van der Waals surface area contributed by atoms with Gasteiger partial charge >= 0.3 is 0 Å². The molecule has 1 atom stereocenters. The summed E-state index contributed by atoms with van der Waals surface area (Å²) < 4.78 is 11.7. The zero-order valence-electron chi connectivity index (χ0n) is 13.2. The molecule has 4 heteroatoms. The number of hydrogen-bond donors (Lipinski definition) is 1. The molecule has 0 aromatic carbocycles. The van der Waals surface area contributed by atoms with Crippen LogP contribution in [-0.4, -0.2) is 36.7 Å². The highest BCUT2D eigenvalue weighted by atomic mass is 16.5. The van der Waals surface area contributed by atoms with Gasteiger partial charge in [0, 0.05) is 19.1 Å². The number of furan rings is 1. The summed E-state index contributed by atoms with van der Waals surface area (Å²) in [6, 6.07) is 2.65. The summed E-state index contributed by atoms with van der Waals surface area (Å²) in [5.74, 6) is 2.13. The van der Waals surface area contributed by atoms with Gasteiger partial charge in [0.15, 0.2) is 0 Å². The molecular formula is C16H28N2O2. The van der Waals surface area contributed by atoms with Crippen LogP contribution in [0.3, 0.4) is 0 Å². The zero-order chi connectivity index (χ0) is 14.5. The van der Waals surface area contributed by atoms with Crippen molar-refractivity contribution in [1.82, 2.24) is 10.2 Å². The van der Waals surface area contributed by atoms with Crippen molar-refractivity contribution < 1.29 is 9.15 Å². The highest BCUT2D eigenvalue weighted by Gasteiger charge is 2.20. The van der Waals surface area contributed by atoms with Gasteiger partial charge in [-0.1, -0.05) is 20.8 Å². The summed E-state index contributed by atoms with van der Waals surface area (Å²) in [6.45, 7) is 13.1. The van der Waals surface area contributed by atoms with Crippen molar-refractivity contribution >= 4 is 0 Å². The lowest BCUT2D eigenvalue weighted by atomic mass is 10.2. The molecule has 1 aliphatic rings. The second kappa shape index (κ2) is 7.25. The standard InChI is InChI=1S/C16H28N2O2/c1-5-14-10-18(6-7-19-14)11-15-8-13(4)16(20-15)9-17-12(2)3/h8,12,14,17H,5-7,9-11H2,1-4H3. The molecule has 0 aliphatic carbocycles. The predicted octanol–water partition coefficient (Wildman–Crippen LogP) is 2.70. The molecule has 2 heterocycles. The first-order valence-corrected chi connectivity index (χ1v) is 7.74. The van der Waals surface area contributed by atoms with Crippen molar-refractivity contribution in [2.45, 2.75) is 59.4 Å². The predicted molar refractivity (Wildman–Crippen MR) is 80.7 cm³/mol. The van der Waals surface area contributed by atoms with Crippen molar-refractivity contribution in [3.8, 4) is 0 Å². The van der Waals surface area contributed by atoms with Crippen LogP contribution in [0.4, 0.5) is 0 Å². The van der Waals surface area contributed by atoms with Crippen molar-refractivity contribution in [2.24, 2.45) is 0 Å². The summed E-state index contributed by atoms with van der Waals surface area (Å²) >= 11 is 0. The summed E-state index contributed by atoms with van der Waals surface area (Å²) in [5.41, 5.74) is 1.24. The Kier molecular flexibility index (Phi) is 5.64. The number of aryl methyl sites for hydroxylation is 1. The van der Waals surface area contributed by atoms with Crippen LogP contribution >= 0.6 is 0 Å². The Hall–Kier alpha value is -0.840. The molecule has 1 aromatic rings. The highest BCUT2D eigenvalue weighted by Crippen LogP contribution is 2.18. The lowest BCUT2D eigenvalue weighted by Gasteiger charge is -2.31. The fourth-order valence-electron chi connectivity index (χ4n) is 2.53. The van der Waals surface area contributed by atoms with Gasteiger partial charge in [-0.05, 0) is 25.0 Å². The van der Waals surface area contributed by atoms with Crippen molar-refractivity contribution in [2.75, 3.05) is 19.7 Å². The number of hydrogen-bond acceptors (Lipinski definition) is 4. The van der Waals surface area contributed by atoms with E-state index in [9.17, 15) is 0 Å². The first-order chi connectivity index (χ1) is 9.58. The Morgan fingerprint density at radius 1 is 1.45 bits per heavy atom. The van der Waals surface area contributed by atoms with Crippen LogP contribution in [-0.2, 0) is 17.8 Å². The van der Waals surface area contributed by atoms with Crippen molar-refractivity contribution in [3.05, 3.63) is 23.2 Å². The lowest BCUT2D eigenvalue weighted by Crippen LogP contribution is -2.41. The minimum atomic E-state index is 0.377. The average Bonchev–Trinajstić information content (AvgIpc) is 2.76. The molecule has 1 aliphatic heterocycles. The molecule has 1 N–H and O–H groups in total. The SMILES string of the molecule is CCC1CN(Cc2cc(C)c(CNC(C)C)o2)CCO1. The molecule has 1 fully saturated rings. The fourth-order valence-corrected chi connectivity index (χ4v) is 2.53. The van der Waals surface area contributed by atoms with Gasteiger partial charge in [0.2, 0.25) is 0 Å². The molecular weight excluding hydrogens is 252 g/mol. The Morgan fingerprint density at radius 3 is 2.95 bits per heavy atom. The Morgan fingerprint density at radius 2 is 2.25 bits per heavy atom. The molecule has 20 heavy (non-hydrogen) atoms. The maximum atomic E-state index is 5.99. The quantitative estimate of drug-likeness (QED) is 0.869. The van der Waals surface area contributed by atoms with Gasteiger partial charge in [-0.25, -0.2) is 0 Å². The number of ether oxygens (including phenoxy) is 1. The molecule has 0 amide bonds. The van der Waals surface area contributed by atoms with Crippen LogP contribution in [0.15, 0.2) is 10.5 Å². The molecule has 1 unspecified atom stereocenters. The average molecular weight is 280 g/mol. The smallest absolute Gasteiger partial charge is 0.120 e. The van der Waals surface area contributed by atoms with E-state index in [0.29, 0.717) is 12.1 Å². The molecule has 0 spiro atoms. The maximum Gasteiger partial charge on any atom is 0.120 e. The van der Waals surface area contributed by atoms with E-state index in [0.717, 1.165) is 50.7 Å². The number of nitrogens with zero attached hydrogens (tertiary/aromatic N) is 1. The Bertz CT molecular complexity index is 415. The van der Waals surface area contributed by atoms with Gasteiger partial charge in [0.25, 0.3) is 0 Å².